The molecule has 3 rings (SSSR count). The van der Waals surface area contributed by atoms with Crippen LogP contribution in [-0.2, 0) is 17.7 Å². The summed E-state index contributed by atoms with van der Waals surface area (Å²) in [6, 6.07) is 13.2. The van der Waals surface area contributed by atoms with E-state index in [9.17, 15) is 19.4 Å². The predicted octanol–water partition coefficient (Wildman–Crippen LogP) is 2.33. The highest BCUT2D eigenvalue weighted by Gasteiger charge is 2.36. The number of aliphatic hydroxyl groups is 1. The van der Waals surface area contributed by atoms with Crippen LogP contribution in [-0.4, -0.2) is 53.0 Å². The molecule has 0 aromatic heterocycles. The zero-order chi connectivity index (χ0) is 18.6. The van der Waals surface area contributed by atoms with Gasteiger partial charge in [-0.15, -0.1) is 0 Å². The van der Waals surface area contributed by atoms with Crippen LogP contribution in [0.2, 0.25) is 0 Å². The average molecular weight is 359 g/mol. The van der Waals surface area contributed by atoms with Crippen molar-refractivity contribution >= 4 is 5.97 Å². The second-order valence-corrected chi connectivity index (χ2v) is 6.67. The van der Waals surface area contributed by atoms with Crippen molar-refractivity contribution in [1.82, 2.24) is 4.90 Å². The molecule has 26 heavy (non-hydrogen) atoms. The minimum absolute atomic E-state index is 0.194. The van der Waals surface area contributed by atoms with E-state index in [1.165, 1.54) is 12.1 Å². The van der Waals surface area contributed by atoms with Gasteiger partial charge in [0.2, 0.25) is 0 Å². The van der Waals surface area contributed by atoms with Crippen molar-refractivity contribution in [2.24, 2.45) is 0 Å². The Bertz CT molecular complexity index is 782. The van der Waals surface area contributed by atoms with E-state index in [1.807, 2.05) is 12.1 Å². The topological polar surface area (TPSA) is 70.0 Å². The van der Waals surface area contributed by atoms with Crippen LogP contribution < -0.4 is 0 Å². The van der Waals surface area contributed by atoms with Crippen LogP contribution in [0.3, 0.4) is 0 Å². The third-order valence-electron chi connectivity index (χ3n) is 4.67. The highest BCUT2D eigenvalue weighted by atomic mass is 19.1. The van der Waals surface area contributed by atoms with Crippen LogP contribution in [0.4, 0.5) is 4.39 Å². The third-order valence-corrected chi connectivity index (χ3v) is 4.67. The first-order chi connectivity index (χ1) is 12.5. The fraction of sp³-hybridized carbons (Fsp3) is 0.350. The molecule has 0 radical (unpaired) electrons. The number of hydrogen-bond acceptors (Lipinski definition) is 4. The summed E-state index contributed by atoms with van der Waals surface area (Å²) in [6.07, 6.45) is 0.387. The van der Waals surface area contributed by atoms with Crippen LogP contribution in [0.25, 0.3) is 0 Å². The van der Waals surface area contributed by atoms with E-state index in [1.54, 1.807) is 24.3 Å². The summed E-state index contributed by atoms with van der Waals surface area (Å²) < 4.78 is 19.3. The van der Waals surface area contributed by atoms with Crippen molar-refractivity contribution < 1.29 is 24.1 Å². The first-order valence-corrected chi connectivity index (χ1v) is 8.54. The average Bonchev–Trinajstić information content (AvgIpc) is 2.62. The molecule has 5 nitrogen and oxygen atoms in total. The van der Waals surface area contributed by atoms with Crippen molar-refractivity contribution in [3.8, 4) is 0 Å². The van der Waals surface area contributed by atoms with Gasteiger partial charge >= 0.3 is 5.97 Å². The van der Waals surface area contributed by atoms with Crippen LogP contribution >= 0.6 is 0 Å². The van der Waals surface area contributed by atoms with Gasteiger partial charge < -0.3 is 14.9 Å². The number of carbonyl (C=O) groups is 1. The number of rotatable bonds is 6. The Hall–Kier alpha value is -2.28. The summed E-state index contributed by atoms with van der Waals surface area (Å²) in [4.78, 5) is 13.5. The van der Waals surface area contributed by atoms with Crippen molar-refractivity contribution in [3.63, 3.8) is 0 Å². The molecule has 0 saturated carbocycles. The molecule has 2 aromatic rings. The van der Waals surface area contributed by atoms with Gasteiger partial charge in [-0.2, -0.15) is 0 Å². The lowest BCUT2D eigenvalue weighted by Gasteiger charge is -2.42. The molecule has 2 N–H and O–H groups in total. The van der Waals surface area contributed by atoms with Crippen LogP contribution in [0.15, 0.2) is 48.5 Å². The molecule has 1 aliphatic heterocycles. The number of aliphatic hydroxyl groups excluding tert-OH is 1. The van der Waals surface area contributed by atoms with E-state index in [4.69, 9.17) is 4.74 Å². The summed E-state index contributed by atoms with van der Waals surface area (Å²) in [5, 5.41) is 19.3. The highest BCUT2D eigenvalue weighted by Crippen LogP contribution is 2.25. The van der Waals surface area contributed by atoms with E-state index in [0.29, 0.717) is 32.7 Å². The van der Waals surface area contributed by atoms with Crippen molar-refractivity contribution in [2.45, 2.75) is 18.6 Å². The summed E-state index contributed by atoms with van der Waals surface area (Å²) in [6.45, 7) is 1.76. The lowest BCUT2D eigenvalue weighted by molar-refractivity contribution is -0.134. The van der Waals surface area contributed by atoms with E-state index in [0.717, 1.165) is 11.1 Å². The molecule has 138 valence electrons. The minimum Gasteiger partial charge on any atom is -0.478 e. The van der Waals surface area contributed by atoms with Crippen molar-refractivity contribution in [2.75, 3.05) is 26.3 Å². The standard InChI is InChI=1S/C20H22FNO4/c21-17-6-3-4-15(10-17)11-20(14-23)13-22(8-9-26-20)12-16-5-1-2-7-18(16)19(24)25/h1-7,10,23H,8-9,11-14H2,(H,24,25). The molecule has 1 aliphatic rings. The van der Waals surface area contributed by atoms with Crippen molar-refractivity contribution in [1.29, 1.82) is 0 Å². The van der Waals surface area contributed by atoms with Gasteiger partial charge in [0, 0.05) is 26.1 Å². The van der Waals surface area contributed by atoms with Gasteiger partial charge in [0.05, 0.1) is 18.8 Å². The maximum absolute atomic E-state index is 13.5. The van der Waals surface area contributed by atoms with Crippen LogP contribution in [0, 0.1) is 5.82 Å². The number of carboxylic acids is 1. The van der Waals surface area contributed by atoms with Gasteiger partial charge in [-0.25, -0.2) is 9.18 Å². The lowest BCUT2D eigenvalue weighted by Crippen LogP contribution is -2.55. The maximum atomic E-state index is 13.5. The molecular formula is C20H22FNO4. The van der Waals surface area contributed by atoms with Crippen molar-refractivity contribution in [3.05, 3.63) is 71.0 Å². The SMILES string of the molecule is O=C(O)c1ccccc1CN1CCOC(CO)(Cc2cccc(F)c2)C1. The summed E-state index contributed by atoms with van der Waals surface area (Å²) in [7, 11) is 0. The monoisotopic (exact) mass is 359 g/mol. The quantitative estimate of drug-likeness (QED) is 0.828. The number of morpholine rings is 1. The molecular weight excluding hydrogens is 337 g/mol. The van der Waals surface area contributed by atoms with Crippen LogP contribution in [0.5, 0.6) is 0 Å². The largest absolute Gasteiger partial charge is 0.478 e. The molecule has 1 unspecified atom stereocenters. The van der Waals surface area contributed by atoms with E-state index in [2.05, 4.69) is 4.90 Å². The Kier molecular flexibility index (Phi) is 5.66. The number of halogens is 1. The Balaban J connectivity index is 1.76. The lowest BCUT2D eigenvalue weighted by atomic mass is 9.92. The number of hydrogen-bond donors (Lipinski definition) is 2. The van der Waals surface area contributed by atoms with Gasteiger partial charge in [-0.05, 0) is 29.3 Å². The number of ether oxygens (including phenoxy) is 1. The molecule has 0 bridgehead atoms. The number of carboxylic acid groups (broad SMARTS) is 1. The van der Waals surface area contributed by atoms with E-state index in [-0.39, 0.29) is 18.0 Å². The second-order valence-electron chi connectivity index (χ2n) is 6.67. The fourth-order valence-electron chi connectivity index (χ4n) is 3.44. The molecule has 0 amide bonds. The Labute approximate surface area is 151 Å². The predicted molar refractivity (Wildman–Crippen MR) is 94.6 cm³/mol. The first kappa shape index (κ1) is 18.5. The van der Waals surface area contributed by atoms with Gasteiger partial charge in [0.25, 0.3) is 0 Å². The summed E-state index contributed by atoms with van der Waals surface area (Å²) in [5.74, 6) is -1.28. The zero-order valence-electron chi connectivity index (χ0n) is 14.4. The molecule has 0 spiro atoms. The Morgan fingerprint density at radius 1 is 1.23 bits per heavy atom. The Morgan fingerprint density at radius 3 is 2.77 bits per heavy atom. The molecule has 2 aromatic carbocycles. The molecule has 1 saturated heterocycles. The molecule has 1 fully saturated rings. The first-order valence-electron chi connectivity index (χ1n) is 8.54. The van der Waals surface area contributed by atoms with Gasteiger partial charge in [-0.3, -0.25) is 4.90 Å². The summed E-state index contributed by atoms with van der Waals surface area (Å²) in [5.41, 5.74) is 0.926. The van der Waals surface area contributed by atoms with Gasteiger partial charge in [0.15, 0.2) is 0 Å². The number of benzene rings is 2. The van der Waals surface area contributed by atoms with E-state index < -0.39 is 11.6 Å². The van der Waals surface area contributed by atoms with Gasteiger partial charge in [0.1, 0.15) is 11.4 Å². The molecule has 0 aliphatic carbocycles. The second kappa shape index (κ2) is 7.95. The minimum atomic E-state index is -0.956. The van der Waals surface area contributed by atoms with Crippen LogP contribution in [0.1, 0.15) is 21.5 Å². The smallest absolute Gasteiger partial charge is 0.336 e. The number of aromatic carboxylic acids is 1. The molecule has 1 heterocycles. The summed E-state index contributed by atoms with van der Waals surface area (Å²) >= 11 is 0. The normalized spacial score (nSPS) is 20.8. The molecule has 1 atom stereocenters. The van der Waals surface area contributed by atoms with E-state index >= 15 is 0 Å². The number of nitrogens with zero attached hydrogens (tertiary/aromatic N) is 1. The fourth-order valence-corrected chi connectivity index (χ4v) is 3.44. The third kappa shape index (κ3) is 4.27. The van der Waals surface area contributed by atoms with Gasteiger partial charge in [-0.1, -0.05) is 30.3 Å². The zero-order valence-corrected chi connectivity index (χ0v) is 14.4. The molecule has 6 heteroatoms. The highest BCUT2D eigenvalue weighted by molar-refractivity contribution is 5.89. The maximum Gasteiger partial charge on any atom is 0.336 e. The Morgan fingerprint density at radius 2 is 2.04 bits per heavy atom.